The van der Waals surface area contributed by atoms with Gasteiger partial charge in [0.2, 0.25) is 5.88 Å². The quantitative estimate of drug-likeness (QED) is 0.461. The van der Waals surface area contributed by atoms with Gasteiger partial charge < -0.3 is 14.9 Å². The Morgan fingerprint density at radius 2 is 1.86 bits per heavy atom. The van der Waals surface area contributed by atoms with Crippen LogP contribution in [0.15, 0.2) is 36.4 Å². The minimum atomic E-state index is 0.417. The van der Waals surface area contributed by atoms with E-state index in [1.165, 1.54) is 0 Å². The van der Waals surface area contributed by atoms with Crippen LogP contribution in [0.1, 0.15) is 24.6 Å². The summed E-state index contributed by atoms with van der Waals surface area (Å²) in [6, 6.07) is 11.3. The molecule has 21 heavy (non-hydrogen) atoms. The lowest BCUT2D eigenvalue weighted by molar-refractivity contribution is 0.211. The van der Waals surface area contributed by atoms with Crippen molar-refractivity contribution < 1.29 is 9.47 Å². The number of hydrazine groups is 1. The molecule has 0 radical (unpaired) electrons. The van der Waals surface area contributed by atoms with Crippen LogP contribution in [0.25, 0.3) is 0 Å². The maximum Gasteiger partial charge on any atom is 0.218 e. The number of ether oxygens (including phenoxy) is 2. The maximum atomic E-state index is 5.62. The second-order valence-corrected chi connectivity index (χ2v) is 4.88. The third kappa shape index (κ3) is 3.82. The monoisotopic (exact) mass is 286 g/mol. The summed E-state index contributed by atoms with van der Waals surface area (Å²) in [6.45, 7) is 0.873. The highest BCUT2D eigenvalue weighted by Gasteiger charge is 2.27. The third-order valence-electron chi connectivity index (χ3n) is 3.16. The average Bonchev–Trinajstić information content (AvgIpc) is 3.37. The number of nitrogens with one attached hydrogen (secondary N) is 1. The van der Waals surface area contributed by atoms with Gasteiger partial charge in [0.1, 0.15) is 30.6 Å². The Morgan fingerprint density at radius 1 is 1.10 bits per heavy atom. The Bertz CT molecular complexity index is 587. The van der Waals surface area contributed by atoms with E-state index in [1.54, 1.807) is 6.07 Å². The molecule has 1 saturated carbocycles. The molecule has 1 aromatic heterocycles. The standard InChI is InChI=1S/C15H18N4O2/c16-19-13-10-14(18-15(17-13)11-6-7-11)21-9-8-20-12-4-2-1-3-5-12/h1-5,10-11H,6-9,16H2,(H,17,18,19). The van der Waals surface area contributed by atoms with Crippen molar-refractivity contribution in [1.29, 1.82) is 0 Å². The van der Waals surface area contributed by atoms with Crippen molar-refractivity contribution in [3.8, 4) is 11.6 Å². The zero-order valence-corrected chi connectivity index (χ0v) is 11.7. The van der Waals surface area contributed by atoms with Gasteiger partial charge in [0.25, 0.3) is 0 Å². The number of benzene rings is 1. The number of anilines is 1. The molecule has 0 amide bonds. The summed E-state index contributed by atoms with van der Waals surface area (Å²) in [5, 5.41) is 0. The van der Waals surface area contributed by atoms with Crippen LogP contribution < -0.4 is 20.7 Å². The predicted molar refractivity (Wildman–Crippen MR) is 79.2 cm³/mol. The van der Waals surface area contributed by atoms with Gasteiger partial charge in [-0.15, -0.1) is 0 Å². The van der Waals surface area contributed by atoms with E-state index in [0.717, 1.165) is 24.4 Å². The number of nitrogen functional groups attached to an aromatic ring is 1. The van der Waals surface area contributed by atoms with Crippen LogP contribution in [0.5, 0.6) is 11.6 Å². The molecule has 1 aromatic carbocycles. The molecular formula is C15H18N4O2. The summed E-state index contributed by atoms with van der Waals surface area (Å²) in [7, 11) is 0. The van der Waals surface area contributed by atoms with Crippen molar-refractivity contribution in [2.75, 3.05) is 18.6 Å². The van der Waals surface area contributed by atoms with Crippen LogP contribution >= 0.6 is 0 Å². The Labute approximate surface area is 123 Å². The molecule has 110 valence electrons. The van der Waals surface area contributed by atoms with E-state index in [9.17, 15) is 0 Å². The number of nitrogens with two attached hydrogens (primary N) is 1. The van der Waals surface area contributed by atoms with Gasteiger partial charge in [0, 0.05) is 12.0 Å². The van der Waals surface area contributed by atoms with Crippen molar-refractivity contribution in [3.63, 3.8) is 0 Å². The van der Waals surface area contributed by atoms with Gasteiger partial charge >= 0.3 is 0 Å². The topological polar surface area (TPSA) is 82.3 Å². The fourth-order valence-electron chi connectivity index (χ4n) is 1.94. The second kappa shape index (κ2) is 6.41. The van der Waals surface area contributed by atoms with E-state index in [0.29, 0.717) is 30.8 Å². The van der Waals surface area contributed by atoms with Crippen LogP contribution in [0, 0.1) is 0 Å². The highest BCUT2D eigenvalue weighted by Crippen LogP contribution is 2.38. The number of hydrogen-bond donors (Lipinski definition) is 2. The van der Waals surface area contributed by atoms with Crippen LogP contribution in [0.3, 0.4) is 0 Å². The Kier molecular flexibility index (Phi) is 4.16. The Balaban J connectivity index is 1.53. The van der Waals surface area contributed by atoms with Gasteiger partial charge in [-0.3, -0.25) is 0 Å². The van der Waals surface area contributed by atoms with Gasteiger partial charge in [0.05, 0.1) is 0 Å². The minimum absolute atomic E-state index is 0.417. The average molecular weight is 286 g/mol. The van der Waals surface area contributed by atoms with Crippen molar-refractivity contribution in [1.82, 2.24) is 9.97 Å². The zero-order valence-electron chi connectivity index (χ0n) is 11.7. The first-order valence-corrected chi connectivity index (χ1v) is 7.01. The molecular weight excluding hydrogens is 268 g/mol. The van der Waals surface area contributed by atoms with Crippen molar-refractivity contribution in [2.24, 2.45) is 5.84 Å². The summed E-state index contributed by atoms with van der Waals surface area (Å²) in [5.41, 5.74) is 2.54. The largest absolute Gasteiger partial charge is 0.490 e. The molecule has 0 spiro atoms. The number of aromatic nitrogens is 2. The van der Waals surface area contributed by atoms with Gasteiger partial charge in [-0.25, -0.2) is 10.8 Å². The lowest BCUT2D eigenvalue weighted by Gasteiger charge is -2.10. The van der Waals surface area contributed by atoms with Crippen LogP contribution in [-0.4, -0.2) is 23.2 Å². The molecule has 0 unspecified atom stereocenters. The molecule has 6 nitrogen and oxygen atoms in total. The summed E-state index contributed by atoms with van der Waals surface area (Å²) in [4.78, 5) is 8.73. The van der Waals surface area contributed by atoms with E-state index >= 15 is 0 Å². The summed E-state index contributed by atoms with van der Waals surface area (Å²) >= 11 is 0. The number of rotatable bonds is 7. The lowest BCUT2D eigenvalue weighted by Crippen LogP contribution is -2.13. The summed E-state index contributed by atoms with van der Waals surface area (Å²) in [6.07, 6.45) is 2.26. The fourth-order valence-corrected chi connectivity index (χ4v) is 1.94. The first kappa shape index (κ1) is 13.6. The molecule has 2 aromatic rings. The predicted octanol–water partition coefficient (Wildman–Crippen LogP) is 2.10. The molecule has 0 saturated heterocycles. The second-order valence-electron chi connectivity index (χ2n) is 4.88. The molecule has 3 N–H and O–H groups in total. The third-order valence-corrected chi connectivity index (χ3v) is 3.16. The normalized spacial score (nSPS) is 13.8. The van der Waals surface area contributed by atoms with Crippen molar-refractivity contribution in [3.05, 3.63) is 42.2 Å². The maximum absolute atomic E-state index is 5.62. The highest BCUT2D eigenvalue weighted by molar-refractivity contribution is 5.38. The van der Waals surface area contributed by atoms with Gasteiger partial charge in [0.15, 0.2) is 0 Å². The number of nitrogens with zero attached hydrogens (tertiary/aromatic N) is 2. The van der Waals surface area contributed by atoms with E-state index in [1.807, 2.05) is 30.3 Å². The SMILES string of the molecule is NNc1cc(OCCOc2ccccc2)nc(C2CC2)n1. The first-order valence-electron chi connectivity index (χ1n) is 7.01. The van der Waals surface area contributed by atoms with Crippen LogP contribution in [-0.2, 0) is 0 Å². The van der Waals surface area contributed by atoms with Crippen molar-refractivity contribution in [2.45, 2.75) is 18.8 Å². The van der Waals surface area contributed by atoms with E-state index in [4.69, 9.17) is 15.3 Å². The number of hydrogen-bond acceptors (Lipinski definition) is 6. The minimum Gasteiger partial charge on any atom is -0.490 e. The van der Waals surface area contributed by atoms with Crippen LogP contribution in [0.4, 0.5) is 5.82 Å². The van der Waals surface area contributed by atoms with Gasteiger partial charge in [-0.1, -0.05) is 18.2 Å². The van der Waals surface area contributed by atoms with E-state index in [-0.39, 0.29) is 0 Å². The molecule has 0 atom stereocenters. The molecule has 0 aliphatic heterocycles. The molecule has 1 aliphatic rings. The smallest absolute Gasteiger partial charge is 0.218 e. The Hall–Kier alpha value is -2.34. The molecule has 3 rings (SSSR count). The van der Waals surface area contributed by atoms with Gasteiger partial charge in [-0.05, 0) is 25.0 Å². The lowest BCUT2D eigenvalue weighted by atomic mass is 10.3. The highest BCUT2D eigenvalue weighted by atomic mass is 16.5. The molecule has 6 heteroatoms. The zero-order chi connectivity index (χ0) is 14.5. The molecule has 1 aliphatic carbocycles. The summed E-state index contributed by atoms with van der Waals surface area (Å²) < 4.78 is 11.2. The molecule has 0 bridgehead atoms. The van der Waals surface area contributed by atoms with Gasteiger partial charge in [-0.2, -0.15) is 4.98 Å². The molecule has 1 fully saturated rings. The van der Waals surface area contributed by atoms with E-state index in [2.05, 4.69) is 15.4 Å². The van der Waals surface area contributed by atoms with E-state index < -0.39 is 0 Å². The van der Waals surface area contributed by atoms with Crippen LogP contribution in [0.2, 0.25) is 0 Å². The fraction of sp³-hybridized carbons (Fsp3) is 0.333. The van der Waals surface area contributed by atoms with Crippen molar-refractivity contribution >= 4 is 5.82 Å². The Morgan fingerprint density at radius 3 is 2.57 bits per heavy atom. The number of para-hydroxylation sites is 1. The summed E-state index contributed by atoms with van der Waals surface area (Å²) in [5.74, 6) is 8.58. The molecule has 1 heterocycles. The first-order chi connectivity index (χ1) is 10.3.